The van der Waals surface area contributed by atoms with Crippen LogP contribution in [0.15, 0.2) is 53.7 Å². The lowest BCUT2D eigenvalue weighted by atomic mass is 10.0. The summed E-state index contributed by atoms with van der Waals surface area (Å²) in [6.45, 7) is 8.46. The molecule has 0 unspecified atom stereocenters. The van der Waals surface area contributed by atoms with Gasteiger partial charge in [-0.15, -0.1) is 0 Å². The number of nitro benzene ring substituents is 2. The lowest BCUT2D eigenvalue weighted by Crippen LogP contribution is -2.58. The lowest BCUT2D eigenvalue weighted by Gasteiger charge is -2.28. The van der Waals surface area contributed by atoms with E-state index >= 15 is 0 Å². The molecule has 2 aromatic carbocycles. The van der Waals surface area contributed by atoms with Crippen molar-refractivity contribution in [1.29, 1.82) is 0 Å². The van der Waals surface area contributed by atoms with E-state index in [1.165, 1.54) is 17.9 Å². The molecule has 27 nitrogen and oxygen atoms in total. The van der Waals surface area contributed by atoms with E-state index in [1.54, 1.807) is 6.20 Å². The van der Waals surface area contributed by atoms with Gasteiger partial charge in [0.05, 0.1) is 22.5 Å². The lowest BCUT2D eigenvalue weighted by molar-refractivity contribution is -0.393. The number of anilines is 1. The van der Waals surface area contributed by atoms with Crippen LogP contribution >= 0.6 is 0 Å². The fourth-order valence-electron chi connectivity index (χ4n) is 8.02. The van der Waals surface area contributed by atoms with Crippen LogP contribution < -0.4 is 54.0 Å². The fraction of sp³-hybridized carbons (Fsp3) is 0.511. The van der Waals surface area contributed by atoms with Crippen LogP contribution in [0.4, 0.5) is 30.2 Å². The molecule has 1 aliphatic heterocycles. The Balaban J connectivity index is 0.00000208. The number of H-pyrrole nitrogens is 1. The molecule has 77 heavy (non-hydrogen) atoms. The number of carboxylic acid groups (broad SMARTS) is 1. The number of hydrogen-bond donors (Lipinski definition) is 11. The number of para-hydroxylation sites is 1. The van der Waals surface area contributed by atoms with E-state index in [0.717, 1.165) is 23.0 Å². The SMILES string of the molecule is CC(C)C[C@H](NC(=O)CNC(=O)[C@H](CC(C)C)NC(=O)[C@@H]1CCCN1c1ccc([N+](=O)[O-])cc1[N+](=O)[O-])C(=O)N[C@H](Cc1c[nH]c2ccccc12)C(=O)N[C@@H](C)C(=O)N[C@H](CCCN=C(N)N)C(N)=O.O=C(O)C(F)(F)F. The number of aromatic amines is 1. The van der Waals surface area contributed by atoms with Gasteiger partial charge >= 0.3 is 12.1 Å². The zero-order chi connectivity index (χ0) is 57.9. The Morgan fingerprint density at radius 1 is 0.805 bits per heavy atom. The summed E-state index contributed by atoms with van der Waals surface area (Å²) in [6, 6.07) is 3.57. The number of nitrogens with one attached hydrogen (secondary N) is 7. The molecule has 1 aromatic heterocycles. The largest absolute Gasteiger partial charge is 0.490 e. The van der Waals surface area contributed by atoms with Crippen molar-refractivity contribution in [3.63, 3.8) is 0 Å². The number of carbonyl (C=O) groups is 8. The van der Waals surface area contributed by atoms with Crippen molar-refractivity contribution < 1.29 is 66.5 Å². The summed E-state index contributed by atoms with van der Waals surface area (Å²) in [4.78, 5) is 133. The zero-order valence-corrected chi connectivity index (χ0v) is 42.8. The van der Waals surface area contributed by atoms with Gasteiger partial charge in [0, 0.05) is 42.7 Å². The number of primary amides is 1. The van der Waals surface area contributed by atoms with Gasteiger partial charge in [-0.1, -0.05) is 45.9 Å². The summed E-state index contributed by atoms with van der Waals surface area (Å²) < 4.78 is 31.7. The first-order valence-electron chi connectivity index (χ1n) is 24.2. The number of amides is 7. The van der Waals surface area contributed by atoms with E-state index in [-0.39, 0.29) is 68.7 Å². The van der Waals surface area contributed by atoms with Crippen molar-refractivity contribution in [1.82, 2.24) is 36.9 Å². The first-order valence-corrected chi connectivity index (χ1v) is 24.2. The van der Waals surface area contributed by atoms with E-state index in [9.17, 15) is 67.0 Å². The van der Waals surface area contributed by atoms with Gasteiger partial charge in [0.25, 0.3) is 11.4 Å². The molecule has 1 fully saturated rings. The molecule has 7 amide bonds. The fourth-order valence-corrected chi connectivity index (χ4v) is 8.02. The highest BCUT2D eigenvalue weighted by Crippen LogP contribution is 2.36. The molecule has 1 aliphatic rings. The minimum absolute atomic E-state index is 0.0147. The van der Waals surface area contributed by atoms with Gasteiger partial charge in [-0.25, -0.2) is 4.79 Å². The minimum Gasteiger partial charge on any atom is -0.475 e. The summed E-state index contributed by atoms with van der Waals surface area (Å²) in [5, 5.41) is 46.9. The first-order chi connectivity index (χ1) is 36.0. The van der Waals surface area contributed by atoms with Crippen LogP contribution in [0.2, 0.25) is 0 Å². The van der Waals surface area contributed by atoms with Crippen molar-refractivity contribution in [2.75, 3.05) is 24.5 Å². The van der Waals surface area contributed by atoms with Crippen LogP contribution in [0, 0.1) is 32.1 Å². The van der Waals surface area contributed by atoms with Gasteiger partial charge in [-0.3, -0.25) is 58.8 Å². The molecular formula is C47H65F3N14O13. The molecule has 2 heterocycles. The third-order valence-corrected chi connectivity index (χ3v) is 11.7. The molecule has 3 aromatic rings. The van der Waals surface area contributed by atoms with Gasteiger partial charge in [-0.2, -0.15) is 13.2 Å². The number of nitrogens with zero attached hydrogens (tertiary/aromatic N) is 4. The highest BCUT2D eigenvalue weighted by Gasteiger charge is 2.39. The Hall–Kier alpha value is -8.60. The Bertz CT molecular complexity index is 2660. The van der Waals surface area contributed by atoms with Gasteiger partial charge in [-0.05, 0) is 75.0 Å². The number of benzene rings is 2. The van der Waals surface area contributed by atoms with Crippen LogP contribution in [-0.2, 0) is 44.8 Å². The number of carboxylic acids is 1. The maximum absolute atomic E-state index is 14.1. The number of alkyl halides is 3. The number of hydrogen-bond acceptors (Lipinski definition) is 14. The third kappa shape index (κ3) is 19.9. The number of fused-ring (bicyclic) bond motifs is 1. The van der Waals surface area contributed by atoms with E-state index in [1.807, 2.05) is 52.0 Å². The molecule has 0 spiro atoms. The zero-order valence-electron chi connectivity index (χ0n) is 42.8. The number of halogens is 3. The number of aliphatic carboxylic acids is 1. The highest BCUT2D eigenvalue weighted by molar-refractivity contribution is 5.97. The number of nitrogens with two attached hydrogens (primary N) is 3. The van der Waals surface area contributed by atoms with E-state index in [2.05, 4.69) is 41.9 Å². The van der Waals surface area contributed by atoms with Crippen LogP contribution in [0.1, 0.15) is 78.7 Å². The maximum Gasteiger partial charge on any atom is 0.490 e. The Morgan fingerprint density at radius 2 is 1.40 bits per heavy atom. The number of carbonyl (C=O) groups excluding carboxylic acids is 7. The Kier molecular flexibility index (Phi) is 23.5. The second-order valence-electron chi connectivity index (χ2n) is 18.8. The van der Waals surface area contributed by atoms with Crippen molar-refractivity contribution in [2.45, 2.75) is 122 Å². The van der Waals surface area contributed by atoms with Crippen molar-refractivity contribution >= 4 is 81.2 Å². The summed E-state index contributed by atoms with van der Waals surface area (Å²) >= 11 is 0. The molecule has 1 saturated heterocycles. The molecule has 4 rings (SSSR count). The highest BCUT2D eigenvalue weighted by atomic mass is 19.4. The number of aromatic nitrogens is 1. The number of aliphatic imine (C=N–C) groups is 1. The molecular weight excluding hydrogens is 1030 g/mol. The quantitative estimate of drug-likeness (QED) is 0.0176. The summed E-state index contributed by atoms with van der Waals surface area (Å²) in [5.41, 5.74) is 16.6. The second kappa shape index (κ2) is 28.9. The van der Waals surface area contributed by atoms with Crippen molar-refractivity contribution in [3.05, 3.63) is 74.5 Å². The number of nitro groups is 2. The van der Waals surface area contributed by atoms with E-state index in [4.69, 9.17) is 27.1 Å². The number of non-ortho nitro benzene ring substituents is 1. The summed E-state index contributed by atoms with van der Waals surface area (Å²) in [6.07, 6.45) is -2.02. The summed E-state index contributed by atoms with van der Waals surface area (Å²) in [7, 11) is 0. The topological polar surface area (TPSA) is 425 Å². The monoisotopic (exact) mass is 1090 g/mol. The predicted molar refractivity (Wildman–Crippen MR) is 272 cm³/mol. The van der Waals surface area contributed by atoms with Gasteiger partial charge in [0.2, 0.25) is 41.4 Å². The van der Waals surface area contributed by atoms with Crippen molar-refractivity contribution in [3.8, 4) is 0 Å². The van der Waals surface area contributed by atoms with Gasteiger partial charge in [0.15, 0.2) is 5.96 Å². The molecule has 422 valence electrons. The molecule has 0 bridgehead atoms. The number of guanidine groups is 1. The first kappa shape index (κ1) is 62.7. The molecule has 0 aliphatic carbocycles. The molecule has 14 N–H and O–H groups in total. The van der Waals surface area contributed by atoms with Crippen LogP contribution in [0.3, 0.4) is 0 Å². The number of rotatable bonds is 26. The molecule has 30 heteroatoms. The Labute approximate surface area is 438 Å². The maximum atomic E-state index is 14.1. The van der Waals surface area contributed by atoms with Crippen molar-refractivity contribution in [2.24, 2.45) is 34.0 Å². The van der Waals surface area contributed by atoms with Crippen LogP contribution in [0.5, 0.6) is 0 Å². The van der Waals surface area contributed by atoms with Crippen LogP contribution in [-0.4, -0.2) is 135 Å². The second-order valence-corrected chi connectivity index (χ2v) is 18.8. The van der Waals surface area contributed by atoms with E-state index in [0.29, 0.717) is 18.4 Å². The van der Waals surface area contributed by atoms with E-state index < -0.39 is 118 Å². The molecule has 6 atom stereocenters. The summed E-state index contributed by atoms with van der Waals surface area (Å²) in [5.74, 6) is -8.29. The van der Waals surface area contributed by atoms with Crippen LogP contribution in [0.25, 0.3) is 10.9 Å². The van der Waals surface area contributed by atoms with Gasteiger partial charge in [0.1, 0.15) is 41.9 Å². The third-order valence-electron chi connectivity index (χ3n) is 11.7. The average Bonchev–Trinajstić information content (AvgIpc) is 4.00. The normalized spacial score (nSPS) is 15.1. The predicted octanol–water partition coefficient (Wildman–Crippen LogP) is 1.02. The standard InChI is InChI=1S/C45H64N14O11.C2HF3O2/c1-24(2)18-32(56-44(66)36-13-9-17-57(36)35-15-14-28(58(67)68)21-37(35)59(69)70)41(63)51-23-38(60)53-33(19-25(3)4)43(65)55-34(20-27-22-50-30-11-7-6-10-29(27)30)42(64)52-26(5)40(62)54-31(39(46)61)12-8-16-49-45(47)48;3-2(4,5)1(6)7/h6-7,10-11,14-15,21-22,24-26,31-34,36,50H,8-9,12-13,16-20,23H2,1-5H3,(H2,46,61)(H,51,63)(H,52,64)(H,53,60)(H,54,62)(H,55,65)(H,56,66)(H4,47,48,49);(H,6,7)/t26-,31+,32-,33-,34+,36-;/m0./s1. The molecule has 0 saturated carbocycles. The average molecular weight is 1090 g/mol. The smallest absolute Gasteiger partial charge is 0.475 e. The van der Waals surface area contributed by atoms with Gasteiger partial charge < -0.3 is 64.1 Å². The Morgan fingerprint density at radius 3 is 1.97 bits per heavy atom. The molecule has 0 radical (unpaired) electrons. The minimum atomic E-state index is -5.08.